The summed E-state index contributed by atoms with van der Waals surface area (Å²) in [5.74, 6) is 0.308. The maximum Gasteiger partial charge on any atom is 0.146 e. The summed E-state index contributed by atoms with van der Waals surface area (Å²) in [7, 11) is 0. The molecule has 0 heterocycles. The predicted molar refractivity (Wildman–Crippen MR) is 59.1 cm³/mol. The Morgan fingerprint density at radius 1 is 0.714 bits per heavy atom. The van der Waals surface area contributed by atoms with Crippen LogP contribution in [-0.4, -0.2) is 0 Å². The summed E-state index contributed by atoms with van der Waals surface area (Å²) in [6, 6.07) is 17.1. The largest absolute Gasteiger partial charge is 0.146 e. The summed E-state index contributed by atoms with van der Waals surface area (Å²) < 4.78 is 0. The van der Waals surface area contributed by atoms with Gasteiger partial charge < -0.3 is 0 Å². The van der Waals surface area contributed by atoms with Crippen LogP contribution in [0.3, 0.4) is 0 Å². The van der Waals surface area contributed by atoms with Gasteiger partial charge in [-0.3, -0.25) is 0 Å². The number of benzene rings is 2. The maximum absolute atomic E-state index is 4.22. The molecule has 1 aliphatic carbocycles. The molecule has 0 N–H and O–H groups in total. The summed E-state index contributed by atoms with van der Waals surface area (Å²) >= 11 is 0. The van der Waals surface area contributed by atoms with E-state index in [-0.39, 0.29) is 0 Å². The number of rotatable bonds is 0. The molecule has 0 spiro atoms. The van der Waals surface area contributed by atoms with Crippen LogP contribution < -0.4 is 0 Å². The van der Waals surface area contributed by atoms with E-state index in [0.29, 0.717) is 5.92 Å². The second kappa shape index (κ2) is 2.65. The third kappa shape index (κ3) is 0.856. The fourth-order valence-electron chi connectivity index (χ4n) is 2.26. The van der Waals surface area contributed by atoms with Gasteiger partial charge in [-0.25, -0.2) is 0 Å². The van der Waals surface area contributed by atoms with Crippen LogP contribution in [-0.2, 0) is 0 Å². The van der Waals surface area contributed by atoms with Crippen LogP contribution in [0.15, 0.2) is 48.5 Å². The van der Waals surface area contributed by atoms with Crippen LogP contribution in [0, 0.1) is 6.92 Å². The molecule has 2 aromatic carbocycles. The molecule has 0 radical (unpaired) electrons. The van der Waals surface area contributed by atoms with Gasteiger partial charge in [-0.05, 0) is 11.1 Å². The first-order valence-corrected chi connectivity index (χ1v) is 4.89. The molecular weight excluding hydrogens is 168 g/mol. The van der Waals surface area contributed by atoms with E-state index in [9.17, 15) is 0 Å². The van der Waals surface area contributed by atoms with E-state index in [1.54, 1.807) is 0 Å². The van der Waals surface area contributed by atoms with Gasteiger partial charge in [0.25, 0.3) is 0 Å². The lowest BCUT2D eigenvalue weighted by Gasteiger charge is -1.97. The molecule has 2 aromatic rings. The molecule has 0 bridgehead atoms. The first-order chi connectivity index (χ1) is 6.88. The number of hydrogen-bond acceptors (Lipinski definition) is 0. The molecule has 14 heavy (non-hydrogen) atoms. The van der Waals surface area contributed by atoms with Gasteiger partial charge >= 0.3 is 0 Å². The first-order valence-electron chi connectivity index (χ1n) is 4.89. The molecule has 0 amide bonds. The molecule has 0 fully saturated rings. The summed E-state index contributed by atoms with van der Waals surface area (Å²) in [5.41, 5.74) is 5.41. The number of hydrogen-bond donors (Lipinski definition) is 0. The van der Waals surface area contributed by atoms with Crippen LogP contribution in [0.5, 0.6) is 0 Å². The molecule has 0 aliphatic heterocycles. The van der Waals surface area contributed by atoms with Crippen LogP contribution in [0.4, 0.5) is 0 Å². The van der Waals surface area contributed by atoms with Crippen molar-refractivity contribution < 1.29 is 0 Å². The molecule has 3 rings (SSSR count). The molecule has 0 saturated heterocycles. The van der Waals surface area contributed by atoms with Crippen molar-refractivity contribution in [2.45, 2.75) is 5.92 Å². The van der Waals surface area contributed by atoms with Crippen LogP contribution >= 0.6 is 0 Å². The quantitative estimate of drug-likeness (QED) is 0.542. The van der Waals surface area contributed by atoms with Crippen molar-refractivity contribution in [2.24, 2.45) is 0 Å². The molecule has 0 heteroatoms. The van der Waals surface area contributed by atoms with Gasteiger partial charge in [0.1, 0.15) is 5.92 Å². The van der Waals surface area contributed by atoms with Gasteiger partial charge in [-0.15, -0.1) is 0 Å². The van der Waals surface area contributed by atoms with Crippen molar-refractivity contribution in [3.8, 4) is 11.1 Å². The van der Waals surface area contributed by atoms with Crippen molar-refractivity contribution in [3.05, 3.63) is 66.6 Å². The van der Waals surface area contributed by atoms with Crippen LogP contribution in [0.1, 0.15) is 17.0 Å². The minimum absolute atomic E-state index is 0.308. The van der Waals surface area contributed by atoms with Gasteiger partial charge in [0, 0.05) is 11.1 Å². The van der Waals surface area contributed by atoms with Crippen molar-refractivity contribution in [3.63, 3.8) is 0 Å². The SMILES string of the molecule is [CH2+]C1c2ccccc2-c2ccccc21. The fourth-order valence-corrected chi connectivity index (χ4v) is 2.26. The molecule has 1 aliphatic rings. The highest BCUT2D eigenvalue weighted by Crippen LogP contribution is 2.43. The minimum atomic E-state index is 0.308. The topological polar surface area (TPSA) is 0 Å². The summed E-state index contributed by atoms with van der Waals surface area (Å²) in [4.78, 5) is 0. The third-order valence-electron chi connectivity index (χ3n) is 2.96. The minimum Gasteiger partial charge on any atom is -0.0618 e. The Morgan fingerprint density at radius 2 is 1.14 bits per heavy atom. The van der Waals surface area contributed by atoms with Gasteiger partial charge in [0.15, 0.2) is 0 Å². The van der Waals surface area contributed by atoms with E-state index in [1.165, 1.54) is 22.3 Å². The zero-order chi connectivity index (χ0) is 9.54. The molecule has 0 saturated carbocycles. The van der Waals surface area contributed by atoms with Crippen molar-refractivity contribution in [1.82, 2.24) is 0 Å². The molecule has 0 aromatic heterocycles. The molecule has 66 valence electrons. The Bertz CT molecular complexity index is 437. The Balaban J connectivity index is 2.36. The Kier molecular flexibility index (Phi) is 1.45. The predicted octanol–water partition coefficient (Wildman–Crippen LogP) is 3.63. The van der Waals surface area contributed by atoms with Crippen molar-refractivity contribution in [2.75, 3.05) is 0 Å². The van der Waals surface area contributed by atoms with E-state index in [4.69, 9.17) is 0 Å². The Labute approximate surface area is 84.2 Å². The van der Waals surface area contributed by atoms with E-state index >= 15 is 0 Å². The third-order valence-corrected chi connectivity index (χ3v) is 2.96. The first kappa shape index (κ1) is 7.69. The monoisotopic (exact) mass is 179 g/mol. The zero-order valence-corrected chi connectivity index (χ0v) is 7.90. The Hall–Kier alpha value is -1.69. The van der Waals surface area contributed by atoms with Crippen LogP contribution in [0.25, 0.3) is 11.1 Å². The summed E-state index contributed by atoms with van der Waals surface area (Å²) in [6.45, 7) is 4.22. The standard InChI is InChI=1S/C14H11/c1-10-11-6-2-4-8-13(11)14-9-5-3-7-12(10)14/h2-10H,1H2/q+1. The highest BCUT2D eigenvalue weighted by molar-refractivity contribution is 5.78. The van der Waals surface area contributed by atoms with Crippen molar-refractivity contribution in [1.29, 1.82) is 0 Å². The zero-order valence-electron chi connectivity index (χ0n) is 7.90. The normalized spacial score (nSPS) is 13.7. The number of fused-ring (bicyclic) bond motifs is 3. The lowest BCUT2D eigenvalue weighted by atomic mass is 10.00. The second-order valence-electron chi connectivity index (χ2n) is 3.73. The lowest BCUT2D eigenvalue weighted by Crippen LogP contribution is -1.88. The average molecular weight is 179 g/mol. The Morgan fingerprint density at radius 3 is 1.64 bits per heavy atom. The van der Waals surface area contributed by atoms with E-state index in [0.717, 1.165) is 0 Å². The summed E-state index contributed by atoms with van der Waals surface area (Å²) in [5, 5.41) is 0. The van der Waals surface area contributed by atoms with Gasteiger partial charge in [0.05, 0.1) is 6.92 Å². The van der Waals surface area contributed by atoms with E-state index < -0.39 is 0 Å². The molecule has 0 unspecified atom stereocenters. The van der Waals surface area contributed by atoms with Crippen molar-refractivity contribution >= 4 is 0 Å². The molecular formula is C14H11+. The smallest absolute Gasteiger partial charge is 0.0618 e. The van der Waals surface area contributed by atoms with Crippen LogP contribution in [0.2, 0.25) is 0 Å². The van der Waals surface area contributed by atoms with Gasteiger partial charge in [-0.1, -0.05) is 48.5 Å². The highest BCUT2D eigenvalue weighted by atomic mass is 14.3. The van der Waals surface area contributed by atoms with E-state index in [1.807, 2.05) is 0 Å². The van der Waals surface area contributed by atoms with Gasteiger partial charge in [0.2, 0.25) is 0 Å². The average Bonchev–Trinajstić information content (AvgIpc) is 2.55. The fraction of sp³-hybridized carbons (Fsp3) is 0.0714. The summed E-state index contributed by atoms with van der Waals surface area (Å²) in [6.07, 6.45) is 0. The second-order valence-corrected chi connectivity index (χ2v) is 3.73. The molecule has 0 atom stereocenters. The van der Waals surface area contributed by atoms with Gasteiger partial charge in [-0.2, -0.15) is 0 Å². The van der Waals surface area contributed by atoms with E-state index in [2.05, 4.69) is 55.5 Å². The maximum atomic E-state index is 4.22. The molecule has 0 nitrogen and oxygen atoms in total. The highest BCUT2D eigenvalue weighted by Gasteiger charge is 2.28. The lowest BCUT2D eigenvalue weighted by molar-refractivity contribution is 1.07.